The maximum absolute atomic E-state index is 12.2. The van der Waals surface area contributed by atoms with Crippen molar-refractivity contribution in [2.24, 2.45) is 11.8 Å². The molecule has 0 saturated heterocycles. The summed E-state index contributed by atoms with van der Waals surface area (Å²) in [6.07, 6.45) is 3.47. The Kier molecular flexibility index (Phi) is 4.13. The van der Waals surface area contributed by atoms with Crippen LogP contribution in [0.2, 0.25) is 0 Å². The lowest BCUT2D eigenvalue weighted by Crippen LogP contribution is -2.42. The van der Waals surface area contributed by atoms with Crippen LogP contribution >= 0.6 is 0 Å². The molecular weight excluding hydrogens is 236 g/mol. The number of anilines is 1. The monoisotopic (exact) mass is 260 g/mol. The number of carbonyl (C=O) groups excluding carboxylic acids is 1. The second kappa shape index (κ2) is 5.64. The molecule has 0 spiro atoms. The van der Waals surface area contributed by atoms with Crippen LogP contribution in [-0.2, 0) is 0 Å². The number of hydrogen-bond donors (Lipinski definition) is 2. The highest BCUT2D eigenvalue weighted by Gasteiger charge is 2.26. The van der Waals surface area contributed by atoms with Crippen LogP contribution in [0.25, 0.3) is 0 Å². The van der Waals surface area contributed by atoms with Gasteiger partial charge in [-0.25, -0.2) is 0 Å². The quantitative estimate of drug-likeness (QED) is 0.803. The first-order valence-corrected chi connectivity index (χ1v) is 7.14. The normalized spacial score (nSPS) is 27.0. The van der Waals surface area contributed by atoms with Crippen LogP contribution in [0.4, 0.5) is 5.69 Å². The molecule has 0 bridgehead atoms. The van der Waals surface area contributed by atoms with Crippen LogP contribution < -0.4 is 11.1 Å². The minimum Gasteiger partial charge on any atom is -0.398 e. The van der Waals surface area contributed by atoms with Gasteiger partial charge < -0.3 is 11.1 Å². The number of carbonyl (C=O) groups is 1. The third-order valence-corrected chi connectivity index (χ3v) is 4.29. The second-order valence-corrected chi connectivity index (χ2v) is 6.05. The molecule has 2 rings (SSSR count). The summed E-state index contributed by atoms with van der Waals surface area (Å²) in [5, 5.41) is 3.16. The van der Waals surface area contributed by atoms with Gasteiger partial charge in [0.15, 0.2) is 0 Å². The van der Waals surface area contributed by atoms with Crippen LogP contribution in [0.1, 0.15) is 49.0 Å². The number of aryl methyl sites for hydroxylation is 1. The number of benzene rings is 1. The first kappa shape index (κ1) is 13.9. The summed E-state index contributed by atoms with van der Waals surface area (Å²) in [5.41, 5.74) is 8.21. The van der Waals surface area contributed by atoms with Gasteiger partial charge in [0.05, 0.1) is 0 Å². The fourth-order valence-electron chi connectivity index (χ4n) is 2.91. The molecule has 3 atom stereocenters. The van der Waals surface area contributed by atoms with E-state index in [1.54, 1.807) is 6.07 Å². The highest BCUT2D eigenvalue weighted by atomic mass is 16.1. The van der Waals surface area contributed by atoms with Crippen LogP contribution in [-0.4, -0.2) is 11.9 Å². The van der Waals surface area contributed by atoms with E-state index in [1.807, 2.05) is 19.1 Å². The summed E-state index contributed by atoms with van der Waals surface area (Å²) < 4.78 is 0. The van der Waals surface area contributed by atoms with Crippen molar-refractivity contribution in [1.29, 1.82) is 0 Å². The molecule has 0 aliphatic heterocycles. The first-order valence-electron chi connectivity index (χ1n) is 7.14. The molecule has 0 radical (unpaired) electrons. The molecule has 1 aliphatic carbocycles. The lowest BCUT2D eigenvalue weighted by Gasteiger charge is -2.33. The van der Waals surface area contributed by atoms with Crippen molar-refractivity contribution in [1.82, 2.24) is 5.32 Å². The maximum Gasteiger partial charge on any atom is 0.251 e. The topological polar surface area (TPSA) is 55.1 Å². The predicted molar refractivity (Wildman–Crippen MR) is 79.0 cm³/mol. The Morgan fingerprint density at radius 1 is 1.32 bits per heavy atom. The predicted octanol–water partition coefficient (Wildman–Crippen LogP) is 3.13. The molecule has 1 saturated carbocycles. The van der Waals surface area contributed by atoms with Gasteiger partial charge in [-0.05, 0) is 55.7 Å². The Bertz CT molecular complexity index is 470. The summed E-state index contributed by atoms with van der Waals surface area (Å²) in [6.45, 7) is 6.46. The molecule has 3 nitrogen and oxygen atoms in total. The molecule has 1 fully saturated rings. The van der Waals surface area contributed by atoms with Gasteiger partial charge in [-0.3, -0.25) is 4.79 Å². The van der Waals surface area contributed by atoms with E-state index in [4.69, 9.17) is 5.73 Å². The molecule has 0 heterocycles. The molecule has 1 aromatic rings. The van der Waals surface area contributed by atoms with E-state index in [1.165, 1.54) is 12.8 Å². The molecule has 0 aromatic heterocycles. The van der Waals surface area contributed by atoms with Crippen molar-refractivity contribution in [3.8, 4) is 0 Å². The largest absolute Gasteiger partial charge is 0.398 e. The number of hydrogen-bond acceptors (Lipinski definition) is 2. The third-order valence-electron chi connectivity index (χ3n) is 4.29. The van der Waals surface area contributed by atoms with Crippen molar-refractivity contribution >= 4 is 11.6 Å². The van der Waals surface area contributed by atoms with Crippen LogP contribution in [0.5, 0.6) is 0 Å². The van der Waals surface area contributed by atoms with E-state index >= 15 is 0 Å². The van der Waals surface area contributed by atoms with Crippen molar-refractivity contribution < 1.29 is 4.79 Å². The summed E-state index contributed by atoms with van der Waals surface area (Å²) in [4.78, 5) is 12.2. The summed E-state index contributed by atoms with van der Waals surface area (Å²) in [7, 11) is 0. The number of amides is 1. The second-order valence-electron chi connectivity index (χ2n) is 6.05. The summed E-state index contributed by atoms with van der Waals surface area (Å²) in [6, 6.07) is 5.81. The third kappa shape index (κ3) is 3.28. The van der Waals surface area contributed by atoms with Gasteiger partial charge in [0.25, 0.3) is 5.91 Å². The zero-order valence-corrected chi connectivity index (χ0v) is 12.1. The Hall–Kier alpha value is -1.51. The van der Waals surface area contributed by atoms with Gasteiger partial charge in [0, 0.05) is 17.3 Å². The Balaban J connectivity index is 2.02. The first-order chi connectivity index (χ1) is 8.97. The van der Waals surface area contributed by atoms with Gasteiger partial charge in [0.1, 0.15) is 0 Å². The smallest absolute Gasteiger partial charge is 0.251 e. The molecule has 3 unspecified atom stereocenters. The van der Waals surface area contributed by atoms with Crippen molar-refractivity contribution in [2.45, 2.75) is 46.1 Å². The molecular formula is C16H24N2O. The number of nitrogen functional groups attached to an aromatic ring is 1. The maximum atomic E-state index is 12.2. The van der Waals surface area contributed by atoms with E-state index in [0.29, 0.717) is 23.2 Å². The van der Waals surface area contributed by atoms with Gasteiger partial charge in [-0.15, -0.1) is 0 Å². The molecule has 3 N–H and O–H groups in total. The molecule has 104 valence electrons. The average molecular weight is 260 g/mol. The van der Waals surface area contributed by atoms with Gasteiger partial charge in [-0.1, -0.05) is 19.9 Å². The minimum absolute atomic E-state index is 0.00176. The van der Waals surface area contributed by atoms with Gasteiger partial charge in [0.2, 0.25) is 0 Å². The Morgan fingerprint density at radius 2 is 2.05 bits per heavy atom. The lowest BCUT2D eigenvalue weighted by atomic mass is 9.80. The fraction of sp³-hybridized carbons (Fsp3) is 0.562. The molecule has 1 amide bonds. The fourth-order valence-corrected chi connectivity index (χ4v) is 2.91. The highest BCUT2D eigenvalue weighted by Crippen LogP contribution is 2.28. The van der Waals surface area contributed by atoms with E-state index in [-0.39, 0.29) is 5.91 Å². The van der Waals surface area contributed by atoms with Crippen LogP contribution in [0.3, 0.4) is 0 Å². The van der Waals surface area contributed by atoms with Crippen molar-refractivity contribution in [2.75, 3.05) is 5.73 Å². The Labute approximate surface area is 115 Å². The standard InChI is InChI=1S/C16H24N2O/c1-10-4-7-15(12(3)8-10)18-16(19)13-6-5-11(2)14(17)9-13/h5-6,9-10,12,15H,4,7-8,17H2,1-3H3,(H,18,19). The van der Waals surface area contributed by atoms with Crippen molar-refractivity contribution in [3.63, 3.8) is 0 Å². The van der Waals surface area contributed by atoms with E-state index < -0.39 is 0 Å². The number of nitrogens with two attached hydrogens (primary N) is 1. The molecule has 3 heteroatoms. The number of rotatable bonds is 2. The summed E-state index contributed by atoms with van der Waals surface area (Å²) >= 11 is 0. The van der Waals surface area contributed by atoms with Gasteiger partial charge in [-0.2, -0.15) is 0 Å². The molecule has 1 aromatic carbocycles. The SMILES string of the molecule is Cc1ccc(C(=O)NC2CCC(C)CC2C)cc1N. The van der Waals surface area contributed by atoms with E-state index in [0.717, 1.165) is 17.9 Å². The van der Waals surface area contributed by atoms with Crippen LogP contribution in [0.15, 0.2) is 18.2 Å². The molecule has 1 aliphatic rings. The number of nitrogens with one attached hydrogen (secondary N) is 1. The van der Waals surface area contributed by atoms with Gasteiger partial charge >= 0.3 is 0 Å². The lowest BCUT2D eigenvalue weighted by molar-refractivity contribution is 0.0899. The zero-order chi connectivity index (χ0) is 14.0. The molecule has 19 heavy (non-hydrogen) atoms. The minimum atomic E-state index is -0.00176. The van der Waals surface area contributed by atoms with Crippen LogP contribution in [0, 0.1) is 18.8 Å². The van der Waals surface area contributed by atoms with E-state index in [9.17, 15) is 4.79 Å². The summed E-state index contributed by atoms with van der Waals surface area (Å²) in [5.74, 6) is 1.33. The van der Waals surface area contributed by atoms with Crippen molar-refractivity contribution in [3.05, 3.63) is 29.3 Å². The zero-order valence-electron chi connectivity index (χ0n) is 12.1. The highest BCUT2D eigenvalue weighted by molar-refractivity contribution is 5.95. The average Bonchev–Trinajstić information content (AvgIpc) is 2.36. The van der Waals surface area contributed by atoms with E-state index in [2.05, 4.69) is 19.2 Å². The Morgan fingerprint density at radius 3 is 2.68 bits per heavy atom.